The second kappa shape index (κ2) is 10.8. The summed E-state index contributed by atoms with van der Waals surface area (Å²) in [6.07, 6.45) is 0. The van der Waals surface area contributed by atoms with Crippen LogP contribution < -0.4 is 0 Å². The highest BCUT2D eigenvalue weighted by atomic mass is 16.3. The van der Waals surface area contributed by atoms with Gasteiger partial charge in [-0.1, -0.05) is 159 Å². The van der Waals surface area contributed by atoms with E-state index in [1.165, 1.54) is 98.7 Å². The van der Waals surface area contributed by atoms with Gasteiger partial charge in [0.2, 0.25) is 0 Å². The Labute approximate surface area is 302 Å². The zero-order chi connectivity index (χ0) is 34.6. The van der Waals surface area contributed by atoms with Crippen molar-refractivity contribution in [2.45, 2.75) is 19.3 Å². The van der Waals surface area contributed by atoms with Crippen LogP contribution in [0.2, 0.25) is 0 Å². The molecule has 1 heterocycles. The number of benzene rings is 9. The van der Waals surface area contributed by atoms with Gasteiger partial charge in [0.25, 0.3) is 0 Å². The van der Waals surface area contributed by atoms with Gasteiger partial charge in [0.05, 0.1) is 0 Å². The molecule has 52 heavy (non-hydrogen) atoms. The first-order valence-corrected chi connectivity index (χ1v) is 18.2. The largest absolute Gasteiger partial charge is 0.456 e. The highest BCUT2D eigenvalue weighted by Gasteiger charge is 2.37. The van der Waals surface area contributed by atoms with Crippen molar-refractivity contribution < 1.29 is 4.42 Å². The average molecular weight is 663 g/mol. The minimum absolute atomic E-state index is 0.124. The van der Waals surface area contributed by atoms with Crippen LogP contribution in [-0.2, 0) is 5.41 Å². The van der Waals surface area contributed by atoms with Crippen LogP contribution in [0.15, 0.2) is 174 Å². The molecule has 9 aromatic carbocycles. The van der Waals surface area contributed by atoms with Gasteiger partial charge >= 0.3 is 0 Å². The van der Waals surface area contributed by atoms with E-state index < -0.39 is 0 Å². The van der Waals surface area contributed by atoms with E-state index in [-0.39, 0.29) is 5.41 Å². The van der Waals surface area contributed by atoms with Crippen molar-refractivity contribution in [2.24, 2.45) is 0 Å². The summed E-state index contributed by atoms with van der Waals surface area (Å²) in [6, 6.07) is 62.4. The zero-order valence-electron chi connectivity index (χ0n) is 29.1. The molecule has 0 amide bonds. The normalized spacial score (nSPS) is 13.3. The standard InChI is InChI=1S/C51H34O/c1-51(2)44-27-25-35-29-47-43(36-14-10-11-19-46(36)52-47)30-42(35)50(44)41-26-24-34(28-45(41)51)31-20-22-33(23-21-31)49-39-17-8-6-15-37(39)48(32-12-4-3-5-13-32)38-16-7-9-18-40(38)49/h3-30H,1-2H3. The number of fused-ring (bicyclic) bond motifs is 10. The molecule has 1 heteroatoms. The fraction of sp³-hybridized carbons (Fsp3) is 0.0588. The fourth-order valence-electron chi connectivity index (χ4n) is 9.14. The molecular weight excluding hydrogens is 629 g/mol. The van der Waals surface area contributed by atoms with E-state index >= 15 is 0 Å². The Morgan fingerprint density at radius 3 is 1.58 bits per heavy atom. The molecule has 1 aliphatic carbocycles. The van der Waals surface area contributed by atoms with Gasteiger partial charge in [0.1, 0.15) is 11.2 Å². The Morgan fingerprint density at radius 2 is 0.904 bits per heavy atom. The molecule has 0 unspecified atom stereocenters. The van der Waals surface area contributed by atoms with E-state index in [1.54, 1.807) is 0 Å². The summed E-state index contributed by atoms with van der Waals surface area (Å²) in [5.74, 6) is 0. The van der Waals surface area contributed by atoms with E-state index in [4.69, 9.17) is 4.42 Å². The van der Waals surface area contributed by atoms with Crippen molar-refractivity contribution in [1.29, 1.82) is 0 Å². The lowest BCUT2D eigenvalue weighted by atomic mass is 9.81. The minimum atomic E-state index is -0.124. The number of furan rings is 1. The molecule has 0 fully saturated rings. The molecule has 0 bridgehead atoms. The van der Waals surface area contributed by atoms with Gasteiger partial charge in [-0.25, -0.2) is 0 Å². The van der Waals surface area contributed by atoms with E-state index in [0.29, 0.717) is 0 Å². The summed E-state index contributed by atoms with van der Waals surface area (Å²) in [7, 11) is 0. The Bertz CT molecular complexity index is 3010. The summed E-state index contributed by atoms with van der Waals surface area (Å²) in [4.78, 5) is 0. The van der Waals surface area contributed by atoms with Gasteiger partial charge in [-0.15, -0.1) is 0 Å². The zero-order valence-corrected chi connectivity index (χ0v) is 29.1. The maximum absolute atomic E-state index is 6.26. The van der Waals surface area contributed by atoms with Crippen molar-refractivity contribution in [3.05, 3.63) is 181 Å². The highest BCUT2D eigenvalue weighted by Crippen LogP contribution is 2.53. The number of hydrogen-bond donors (Lipinski definition) is 0. The lowest BCUT2D eigenvalue weighted by Gasteiger charge is -2.22. The van der Waals surface area contributed by atoms with Crippen molar-refractivity contribution in [2.75, 3.05) is 0 Å². The van der Waals surface area contributed by atoms with Gasteiger partial charge in [-0.05, 0) is 112 Å². The molecule has 0 saturated carbocycles. The monoisotopic (exact) mass is 662 g/mol. The molecule has 244 valence electrons. The number of hydrogen-bond acceptors (Lipinski definition) is 1. The maximum Gasteiger partial charge on any atom is 0.136 e. The molecule has 0 aliphatic heterocycles. The van der Waals surface area contributed by atoms with Gasteiger partial charge in [-0.3, -0.25) is 0 Å². The lowest BCUT2D eigenvalue weighted by Crippen LogP contribution is -2.15. The van der Waals surface area contributed by atoms with E-state index in [2.05, 4.69) is 178 Å². The molecule has 0 saturated heterocycles. The Hall–Kier alpha value is -6.44. The van der Waals surface area contributed by atoms with Crippen LogP contribution in [0.3, 0.4) is 0 Å². The molecule has 0 spiro atoms. The third-order valence-corrected chi connectivity index (χ3v) is 11.7. The number of rotatable bonds is 3. The van der Waals surface area contributed by atoms with Crippen LogP contribution in [0.25, 0.3) is 98.8 Å². The van der Waals surface area contributed by atoms with Crippen LogP contribution in [0, 0.1) is 0 Å². The highest BCUT2D eigenvalue weighted by molar-refractivity contribution is 6.21. The van der Waals surface area contributed by atoms with Gasteiger partial charge < -0.3 is 4.42 Å². The summed E-state index contributed by atoms with van der Waals surface area (Å²) < 4.78 is 6.26. The molecule has 0 N–H and O–H groups in total. The summed E-state index contributed by atoms with van der Waals surface area (Å²) in [5, 5.41) is 9.96. The van der Waals surface area contributed by atoms with Gasteiger partial charge in [-0.2, -0.15) is 0 Å². The topological polar surface area (TPSA) is 13.1 Å². The predicted molar refractivity (Wildman–Crippen MR) is 220 cm³/mol. The first-order valence-electron chi connectivity index (χ1n) is 18.2. The van der Waals surface area contributed by atoms with E-state index in [1.807, 2.05) is 6.07 Å². The lowest BCUT2D eigenvalue weighted by molar-refractivity contribution is 0.661. The Balaban J connectivity index is 1.04. The van der Waals surface area contributed by atoms with Gasteiger partial charge in [0.15, 0.2) is 0 Å². The molecule has 1 nitrogen and oxygen atoms in total. The summed E-state index contributed by atoms with van der Waals surface area (Å²) in [5.41, 5.74) is 14.7. The number of para-hydroxylation sites is 1. The first kappa shape index (κ1) is 29.3. The van der Waals surface area contributed by atoms with E-state index in [9.17, 15) is 0 Å². The van der Waals surface area contributed by atoms with Crippen LogP contribution in [0.4, 0.5) is 0 Å². The average Bonchev–Trinajstić information content (AvgIpc) is 3.67. The Morgan fingerprint density at radius 1 is 0.346 bits per heavy atom. The van der Waals surface area contributed by atoms with Crippen LogP contribution in [0.1, 0.15) is 25.0 Å². The van der Waals surface area contributed by atoms with Crippen molar-refractivity contribution in [3.8, 4) is 44.5 Å². The SMILES string of the molecule is CC1(C)c2cc(-c3ccc(-c4c5ccccc5c(-c5ccccc5)c5ccccc45)cc3)ccc2-c2c1ccc1cc3oc4ccccc4c3cc21. The van der Waals surface area contributed by atoms with Crippen molar-refractivity contribution >= 4 is 54.3 Å². The molecular formula is C51H34O. The quantitative estimate of drug-likeness (QED) is 0.172. The van der Waals surface area contributed by atoms with Crippen LogP contribution in [0.5, 0.6) is 0 Å². The molecule has 0 atom stereocenters. The van der Waals surface area contributed by atoms with Crippen molar-refractivity contribution in [3.63, 3.8) is 0 Å². The smallest absolute Gasteiger partial charge is 0.136 e. The summed E-state index contributed by atoms with van der Waals surface area (Å²) >= 11 is 0. The van der Waals surface area contributed by atoms with E-state index in [0.717, 1.165) is 11.2 Å². The second-order valence-corrected chi connectivity index (χ2v) is 14.8. The third kappa shape index (κ3) is 4.11. The first-order chi connectivity index (χ1) is 25.5. The third-order valence-electron chi connectivity index (χ3n) is 11.7. The van der Waals surface area contributed by atoms with Crippen LogP contribution >= 0.6 is 0 Å². The maximum atomic E-state index is 6.26. The van der Waals surface area contributed by atoms with Gasteiger partial charge in [0, 0.05) is 16.2 Å². The molecule has 11 rings (SSSR count). The second-order valence-electron chi connectivity index (χ2n) is 14.8. The molecule has 10 aromatic rings. The molecule has 1 aliphatic rings. The fourth-order valence-corrected chi connectivity index (χ4v) is 9.14. The predicted octanol–water partition coefficient (Wildman–Crippen LogP) is 14.4. The minimum Gasteiger partial charge on any atom is -0.456 e. The molecule has 1 aromatic heterocycles. The van der Waals surface area contributed by atoms with Crippen molar-refractivity contribution in [1.82, 2.24) is 0 Å². The van der Waals surface area contributed by atoms with Crippen LogP contribution in [-0.4, -0.2) is 0 Å². The molecule has 0 radical (unpaired) electrons. The Kier molecular flexibility index (Phi) is 6.08. The summed E-state index contributed by atoms with van der Waals surface area (Å²) in [6.45, 7) is 4.75.